The summed E-state index contributed by atoms with van der Waals surface area (Å²) in [7, 11) is 0. The van der Waals surface area contributed by atoms with E-state index in [-0.39, 0.29) is 5.82 Å². The first kappa shape index (κ1) is 14.5. The molecule has 0 atom stereocenters. The average Bonchev–Trinajstić information content (AvgIpc) is 2.73. The molecule has 1 fully saturated rings. The molecule has 0 saturated carbocycles. The lowest BCUT2D eigenvalue weighted by Gasteiger charge is -2.26. The zero-order valence-electron chi connectivity index (χ0n) is 11.2. The number of H-pyrrole nitrogens is 1. The molecule has 0 bridgehead atoms. The summed E-state index contributed by atoms with van der Waals surface area (Å²) < 4.78 is 17.1. The molecule has 2 aromatic rings. The Morgan fingerprint density at radius 3 is 2.70 bits per heavy atom. The van der Waals surface area contributed by atoms with Crippen LogP contribution in [0.4, 0.5) is 4.39 Å². The van der Waals surface area contributed by atoms with Gasteiger partial charge in [-0.05, 0) is 66.8 Å². The largest absolute Gasteiger partial charge is 0.331 e. The van der Waals surface area contributed by atoms with Crippen LogP contribution in [0.5, 0.6) is 0 Å². The van der Waals surface area contributed by atoms with Gasteiger partial charge in [0.1, 0.15) is 5.82 Å². The van der Waals surface area contributed by atoms with Crippen molar-refractivity contribution in [2.24, 2.45) is 0 Å². The fraction of sp³-hybridized carbons (Fsp3) is 0.500. The maximum atomic E-state index is 13.8. The topological polar surface area (TPSA) is 24.0 Å². The van der Waals surface area contributed by atoms with Gasteiger partial charge in [-0.2, -0.15) is 0 Å². The van der Waals surface area contributed by atoms with E-state index >= 15 is 0 Å². The predicted molar refractivity (Wildman–Crippen MR) is 90.1 cm³/mol. The standard InChI is InChI=1S/C14H17FIN3S/c15-10-8-13-12(9-11(10)16)17-14(20)19(13)7-6-18-4-2-1-3-5-18/h8-9H,1-7H2,(H,17,20). The monoisotopic (exact) mass is 405 g/mol. The second-order valence-electron chi connectivity index (χ2n) is 5.27. The van der Waals surface area contributed by atoms with Gasteiger partial charge in [0.2, 0.25) is 0 Å². The normalized spacial score (nSPS) is 16.9. The van der Waals surface area contributed by atoms with Crippen molar-refractivity contribution in [3.05, 3.63) is 26.3 Å². The Hall–Kier alpha value is -0.470. The van der Waals surface area contributed by atoms with Gasteiger partial charge in [-0.25, -0.2) is 4.39 Å². The number of fused-ring (bicyclic) bond motifs is 1. The number of hydrogen-bond acceptors (Lipinski definition) is 2. The van der Waals surface area contributed by atoms with Gasteiger partial charge >= 0.3 is 0 Å². The molecule has 20 heavy (non-hydrogen) atoms. The summed E-state index contributed by atoms with van der Waals surface area (Å²) in [6, 6.07) is 3.40. The fourth-order valence-corrected chi connectivity index (χ4v) is 3.56. The van der Waals surface area contributed by atoms with Crippen LogP contribution in [0, 0.1) is 14.2 Å². The number of piperidine rings is 1. The fourth-order valence-electron chi connectivity index (χ4n) is 2.80. The molecule has 1 aliphatic rings. The van der Waals surface area contributed by atoms with E-state index in [9.17, 15) is 4.39 Å². The van der Waals surface area contributed by atoms with Crippen LogP contribution in [0.15, 0.2) is 12.1 Å². The number of likely N-dealkylation sites (tertiary alicyclic amines) is 1. The van der Waals surface area contributed by atoms with Crippen LogP contribution < -0.4 is 0 Å². The molecule has 3 nitrogen and oxygen atoms in total. The summed E-state index contributed by atoms with van der Waals surface area (Å²) in [6.45, 7) is 4.14. The second kappa shape index (κ2) is 6.11. The van der Waals surface area contributed by atoms with E-state index < -0.39 is 0 Å². The van der Waals surface area contributed by atoms with Gasteiger partial charge in [-0.1, -0.05) is 6.42 Å². The molecule has 1 saturated heterocycles. The molecule has 108 valence electrons. The van der Waals surface area contributed by atoms with Gasteiger partial charge in [0.15, 0.2) is 4.77 Å². The number of benzene rings is 1. The highest BCUT2D eigenvalue weighted by molar-refractivity contribution is 14.1. The van der Waals surface area contributed by atoms with E-state index in [0.29, 0.717) is 8.34 Å². The first-order valence-corrected chi connectivity index (χ1v) is 8.44. The van der Waals surface area contributed by atoms with Gasteiger partial charge in [-0.15, -0.1) is 0 Å². The van der Waals surface area contributed by atoms with Gasteiger partial charge in [-0.3, -0.25) is 0 Å². The molecule has 0 aliphatic carbocycles. The molecular formula is C14H17FIN3S. The lowest BCUT2D eigenvalue weighted by molar-refractivity contribution is 0.221. The Kier molecular flexibility index (Phi) is 4.42. The Labute approximate surface area is 136 Å². The maximum absolute atomic E-state index is 13.8. The third kappa shape index (κ3) is 2.92. The second-order valence-corrected chi connectivity index (χ2v) is 6.82. The van der Waals surface area contributed by atoms with Crippen molar-refractivity contribution in [1.29, 1.82) is 0 Å². The van der Waals surface area contributed by atoms with E-state index in [1.165, 1.54) is 32.4 Å². The highest BCUT2D eigenvalue weighted by Crippen LogP contribution is 2.21. The van der Waals surface area contributed by atoms with Crippen LogP contribution in [0.2, 0.25) is 0 Å². The lowest BCUT2D eigenvalue weighted by Crippen LogP contribution is -2.32. The van der Waals surface area contributed by atoms with Crippen molar-refractivity contribution in [3.8, 4) is 0 Å². The van der Waals surface area contributed by atoms with E-state index in [1.54, 1.807) is 6.07 Å². The Bertz CT molecular complexity index is 673. The first-order valence-electron chi connectivity index (χ1n) is 6.95. The number of nitrogens with zero attached hydrogens (tertiary/aromatic N) is 2. The number of rotatable bonds is 3. The van der Waals surface area contributed by atoms with Crippen molar-refractivity contribution in [3.63, 3.8) is 0 Å². The maximum Gasteiger partial charge on any atom is 0.178 e. The Balaban J connectivity index is 1.85. The highest BCUT2D eigenvalue weighted by atomic mass is 127. The van der Waals surface area contributed by atoms with Crippen molar-refractivity contribution < 1.29 is 4.39 Å². The number of imidazole rings is 1. The van der Waals surface area contributed by atoms with Crippen LogP contribution in [-0.2, 0) is 6.54 Å². The van der Waals surface area contributed by atoms with E-state index in [0.717, 1.165) is 24.1 Å². The number of halogens is 2. The van der Waals surface area contributed by atoms with Crippen LogP contribution in [0.3, 0.4) is 0 Å². The van der Waals surface area contributed by atoms with Gasteiger partial charge in [0.25, 0.3) is 0 Å². The molecule has 1 aromatic heterocycles. The number of hydrogen-bond donors (Lipinski definition) is 1. The van der Waals surface area contributed by atoms with Crippen molar-refractivity contribution in [2.45, 2.75) is 25.8 Å². The smallest absolute Gasteiger partial charge is 0.178 e. The quantitative estimate of drug-likeness (QED) is 0.618. The summed E-state index contributed by atoms with van der Waals surface area (Å²) in [5.74, 6) is -0.182. The molecule has 0 spiro atoms. The summed E-state index contributed by atoms with van der Waals surface area (Å²) in [4.78, 5) is 5.64. The molecule has 0 unspecified atom stereocenters. The van der Waals surface area contributed by atoms with Crippen molar-refractivity contribution in [1.82, 2.24) is 14.5 Å². The third-order valence-corrected chi connectivity index (χ3v) is 5.05. The van der Waals surface area contributed by atoms with Crippen LogP contribution in [0.1, 0.15) is 19.3 Å². The summed E-state index contributed by atoms with van der Waals surface area (Å²) >= 11 is 7.37. The highest BCUT2D eigenvalue weighted by Gasteiger charge is 2.12. The van der Waals surface area contributed by atoms with Crippen LogP contribution >= 0.6 is 34.8 Å². The van der Waals surface area contributed by atoms with Gasteiger partial charge in [0, 0.05) is 19.2 Å². The van der Waals surface area contributed by atoms with Crippen LogP contribution in [0.25, 0.3) is 11.0 Å². The summed E-state index contributed by atoms with van der Waals surface area (Å²) in [6.07, 6.45) is 3.91. The minimum Gasteiger partial charge on any atom is -0.331 e. The molecule has 1 aliphatic heterocycles. The molecule has 2 heterocycles. The average molecular weight is 405 g/mol. The Morgan fingerprint density at radius 1 is 1.20 bits per heavy atom. The molecular weight excluding hydrogens is 388 g/mol. The summed E-state index contributed by atoms with van der Waals surface area (Å²) in [5.41, 5.74) is 1.78. The molecule has 1 aromatic carbocycles. The Morgan fingerprint density at radius 2 is 1.95 bits per heavy atom. The minimum atomic E-state index is -0.182. The third-order valence-electron chi connectivity index (χ3n) is 3.90. The van der Waals surface area contributed by atoms with Gasteiger partial charge in [0.05, 0.1) is 14.6 Å². The molecule has 1 N–H and O–H groups in total. The molecule has 6 heteroatoms. The minimum absolute atomic E-state index is 0.182. The first-order chi connectivity index (χ1) is 9.65. The van der Waals surface area contributed by atoms with E-state index in [2.05, 4.69) is 9.88 Å². The molecule has 0 radical (unpaired) electrons. The van der Waals surface area contributed by atoms with E-state index in [1.807, 2.05) is 33.2 Å². The van der Waals surface area contributed by atoms with E-state index in [4.69, 9.17) is 12.2 Å². The zero-order valence-corrected chi connectivity index (χ0v) is 14.1. The van der Waals surface area contributed by atoms with Crippen molar-refractivity contribution in [2.75, 3.05) is 19.6 Å². The van der Waals surface area contributed by atoms with Gasteiger partial charge < -0.3 is 14.5 Å². The summed E-state index contributed by atoms with van der Waals surface area (Å²) in [5, 5.41) is 0. The molecule has 3 rings (SSSR count). The number of nitrogens with one attached hydrogen (secondary N) is 1. The van der Waals surface area contributed by atoms with Crippen LogP contribution in [-0.4, -0.2) is 34.1 Å². The number of aromatic amines is 1. The lowest BCUT2D eigenvalue weighted by atomic mass is 10.1. The van der Waals surface area contributed by atoms with Crippen molar-refractivity contribution >= 4 is 45.8 Å². The number of aromatic nitrogens is 2. The zero-order chi connectivity index (χ0) is 14.1. The SMILES string of the molecule is Fc1cc2c(cc1I)[nH]c(=S)n2CCN1CCCCC1. The molecule has 0 amide bonds. The predicted octanol–water partition coefficient (Wildman–Crippen LogP) is 3.93.